The summed E-state index contributed by atoms with van der Waals surface area (Å²) in [6, 6.07) is 12.7. The molecular weight excluding hydrogens is 372 g/mol. The fourth-order valence-electron chi connectivity index (χ4n) is 3.52. The maximum absolute atomic E-state index is 13.2. The Bertz CT molecular complexity index is 1180. The van der Waals surface area contributed by atoms with Crippen LogP contribution in [0, 0.1) is 0 Å². The van der Waals surface area contributed by atoms with Gasteiger partial charge in [-0.05, 0) is 23.2 Å². The number of carbonyl (C=O) groups is 3. The van der Waals surface area contributed by atoms with Crippen LogP contribution in [-0.2, 0) is 16.0 Å². The summed E-state index contributed by atoms with van der Waals surface area (Å²) < 4.78 is 0. The topological polar surface area (TPSA) is 131 Å². The molecule has 4 rings (SSSR count). The van der Waals surface area contributed by atoms with Crippen LogP contribution in [0.15, 0.2) is 59.8 Å². The normalized spacial score (nSPS) is 16.4. The van der Waals surface area contributed by atoms with E-state index in [1.807, 2.05) is 24.3 Å². The first-order valence-corrected chi connectivity index (χ1v) is 8.93. The van der Waals surface area contributed by atoms with Gasteiger partial charge in [0.05, 0.1) is 12.2 Å². The summed E-state index contributed by atoms with van der Waals surface area (Å²) in [4.78, 5) is 45.2. The first-order chi connectivity index (χ1) is 14.1. The zero-order chi connectivity index (χ0) is 20.4. The third kappa shape index (κ3) is 3.30. The molecule has 2 N–H and O–H groups in total. The van der Waals surface area contributed by atoms with E-state index in [4.69, 9.17) is 5.53 Å². The maximum atomic E-state index is 13.2. The van der Waals surface area contributed by atoms with Crippen LogP contribution in [0.25, 0.3) is 21.3 Å². The van der Waals surface area contributed by atoms with E-state index >= 15 is 0 Å². The average Bonchev–Trinajstić information content (AvgIpc) is 3.14. The summed E-state index contributed by atoms with van der Waals surface area (Å²) in [6.45, 7) is -0.265. The van der Waals surface area contributed by atoms with Crippen LogP contribution < -0.4 is 5.32 Å². The van der Waals surface area contributed by atoms with Gasteiger partial charge in [-0.1, -0.05) is 41.5 Å². The van der Waals surface area contributed by atoms with Crippen molar-refractivity contribution >= 4 is 34.3 Å². The molecule has 1 aromatic heterocycles. The zero-order valence-corrected chi connectivity index (χ0v) is 15.2. The molecule has 0 radical (unpaired) electrons. The molecule has 0 spiro atoms. The van der Waals surface area contributed by atoms with E-state index in [1.54, 1.807) is 18.3 Å². The predicted octanol–water partition coefficient (Wildman–Crippen LogP) is 2.82. The van der Waals surface area contributed by atoms with Crippen LogP contribution in [0.4, 0.5) is 5.69 Å². The van der Waals surface area contributed by atoms with E-state index in [2.05, 4.69) is 20.3 Å². The highest BCUT2D eigenvalue weighted by Gasteiger charge is 2.39. The van der Waals surface area contributed by atoms with E-state index < -0.39 is 23.8 Å². The minimum absolute atomic E-state index is 0.0669. The van der Waals surface area contributed by atoms with Crippen LogP contribution in [0.5, 0.6) is 0 Å². The van der Waals surface area contributed by atoms with Gasteiger partial charge in [0.25, 0.3) is 5.91 Å². The van der Waals surface area contributed by atoms with Gasteiger partial charge in [-0.3, -0.25) is 19.3 Å². The van der Waals surface area contributed by atoms with Crippen molar-refractivity contribution in [3.05, 3.63) is 76.3 Å². The maximum Gasteiger partial charge on any atom is 0.261 e. The number of azide groups is 1. The minimum atomic E-state index is -1.01. The molecule has 3 aromatic rings. The van der Waals surface area contributed by atoms with Gasteiger partial charge in [0.15, 0.2) is 0 Å². The summed E-state index contributed by atoms with van der Waals surface area (Å²) in [5.74, 6) is -1.60. The highest BCUT2D eigenvalue weighted by Crippen LogP contribution is 2.25. The number of H-pyrrole nitrogens is 1. The monoisotopic (exact) mass is 388 g/mol. The second-order valence-electron chi connectivity index (χ2n) is 6.57. The van der Waals surface area contributed by atoms with E-state index in [0.29, 0.717) is 0 Å². The Balaban J connectivity index is 1.73. The van der Waals surface area contributed by atoms with Crippen LogP contribution in [0.1, 0.15) is 15.9 Å². The number of nitrogens with one attached hydrogen (secondary N) is 2. The lowest BCUT2D eigenvalue weighted by Gasteiger charge is -2.33. The summed E-state index contributed by atoms with van der Waals surface area (Å²) in [5.41, 5.74) is 10.6. The Morgan fingerprint density at radius 1 is 1.17 bits per heavy atom. The minimum Gasteiger partial charge on any atom is -0.361 e. The van der Waals surface area contributed by atoms with Crippen molar-refractivity contribution in [2.45, 2.75) is 12.5 Å². The Morgan fingerprint density at radius 3 is 2.76 bits per heavy atom. The molecule has 2 heterocycles. The Morgan fingerprint density at radius 2 is 1.93 bits per heavy atom. The zero-order valence-electron chi connectivity index (χ0n) is 15.2. The van der Waals surface area contributed by atoms with Gasteiger partial charge in [-0.15, -0.1) is 0 Å². The first-order valence-electron chi connectivity index (χ1n) is 8.93. The lowest BCUT2D eigenvalue weighted by Crippen LogP contribution is -2.61. The van der Waals surface area contributed by atoms with Gasteiger partial charge in [-0.25, -0.2) is 0 Å². The number of aromatic amines is 1. The van der Waals surface area contributed by atoms with Gasteiger partial charge >= 0.3 is 0 Å². The number of fused-ring (bicyclic) bond motifs is 1. The van der Waals surface area contributed by atoms with Crippen molar-refractivity contribution < 1.29 is 14.4 Å². The van der Waals surface area contributed by atoms with Crippen LogP contribution in [0.2, 0.25) is 0 Å². The number of hydrogen-bond donors (Lipinski definition) is 2. The number of para-hydroxylation sites is 1. The summed E-state index contributed by atoms with van der Waals surface area (Å²) in [7, 11) is 0. The lowest BCUT2D eigenvalue weighted by atomic mass is 10.00. The number of benzene rings is 2. The molecule has 3 amide bonds. The second-order valence-corrected chi connectivity index (χ2v) is 6.57. The second kappa shape index (κ2) is 7.49. The summed E-state index contributed by atoms with van der Waals surface area (Å²) >= 11 is 0. The molecule has 9 nitrogen and oxygen atoms in total. The molecule has 1 aliphatic rings. The summed E-state index contributed by atoms with van der Waals surface area (Å²) in [5, 5.41) is 6.99. The molecule has 0 unspecified atom stereocenters. The molecule has 1 saturated heterocycles. The SMILES string of the molecule is [N-]=[N+]=Nc1ccccc1C(=O)N1C(=O)CNC(=O)[C@H]1Cc1c[nH]c2ccccc12. The number of piperazine rings is 1. The molecular formula is C20H16N6O3. The van der Waals surface area contributed by atoms with E-state index in [-0.39, 0.29) is 24.2 Å². The van der Waals surface area contributed by atoms with Gasteiger partial charge in [-0.2, -0.15) is 0 Å². The fourth-order valence-corrected chi connectivity index (χ4v) is 3.52. The quantitative estimate of drug-likeness (QED) is 0.308. The first kappa shape index (κ1) is 18.3. The highest BCUT2D eigenvalue weighted by atomic mass is 16.2. The lowest BCUT2D eigenvalue weighted by molar-refractivity contribution is -0.142. The molecule has 144 valence electrons. The molecule has 29 heavy (non-hydrogen) atoms. The van der Waals surface area contributed by atoms with E-state index in [9.17, 15) is 14.4 Å². The van der Waals surface area contributed by atoms with Crippen LogP contribution >= 0.6 is 0 Å². The number of imide groups is 1. The molecule has 1 atom stereocenters. The Labute approximate surface area is 164 Å². The standard InChI is InChI=1S/C20H16N6O3/c21-25-24-16-8-4-2-6-14(16)20(29)26-17(19(28)23-11-18(26)27)9-12-10-22-15-7-3-1-5-13(12)15/h1-8,10,17,22H,9,11H2,(H,23,28)/t17-/m1/s1. The number of nitrogens with zero attached hydrogens (tertiary/aromatic N) is 4. The number of amides is 3. The molecule has 1 fully saturated rings. The molecule has 0 bridgehead atoms. The number of carbonyl (C=O) groups excluding carboxylic acids is 3. The van der Waals surface area contributed by atoms with Crippen LogP contribution in [-0.4, -0.2) is 40.2 Å². The van der Waals surface area contributed by atoms with Crippen molar-refractivity contribution in [2.24, 2.45) is 5.11 Å². The molecule has 2 aromatic carbocycles. The largest absolute Gasteiger partial charge is 0.361 e. The Kier molecular flexibility index (Phi) is 4.72. The van der Waals surface area contributed by atoms with Gasteiger partial charge < -0.3 is 10.3 Å². The van der Waals surface area contributed by atoms with Gasteiger partial charge in [0.1, 0.15) is 6.04 Å². The Hall–Kier alpha value is -4.10. The third-order valence-electron chi connectivity index (χ3n) is 4.89. The van der Waals surface area contributed by atoms with E-state index in [0.717, 1.165) is 21.4 Å². The average molecular weight is 388 g/mol. The van der Waals surface area contributed by atoms with Gasteiger partial charge in [0.2, 0.25) is 11.8 Å². The molecule has 1 aliphatic heterocycles. The fraction of sp³-hybridized carbons (Fsp3) is 0.150. The van der Waals surface area contributed by atoms with E-state index in [1.165, 1.54) is 12.1 Å². The third-order valence-corrected chi connectivity index (χ3v) is 4.89. The predicted molar refractivity (Wildman–Crippen MR) is 105 cm³/mol. The number of aromatic nitrogens is 1. The van der Waals surface area contributed by atoms with Crippen molar-refractivity contribution in [3.63, 3.8) is 0 Å². The number of hydrogen-bond acceptors (Lipinski definition) is 4. The molecule has 9 heteroatoms. The smallest absolute Gasteiger partial charge is 0.261 e. The number of rotatable bonds is 4. The van der Waals surface area contributed by atoms with Crippen molar-refractivity contribution in [2.75, 3.05) is 6.54 Å². The molecule has 0 aliphatic carbocycles. The summed E-state index contributed by atoms with van der Waals surface area (Å²) in [6.07, 6.45) is 1.94. The van der Waals surface area contributed by atoms with Crippen molar-refractivity contribution in [3.8, 4) is 0 Å². The highest BCUT2D eigenvalue weighted by molar-refractivity contribution is 6.12. The van der Waals surface area contributed by atoms with Crippen LogP contribution in [0.3, 0.4) is 0 Å². The van der Waals surface area contributed by atoms with Crippen molar-refractivity contribution in [1.29, 1.82) is 0 Å². The molecule has 0 saturated carbocycles. The van der Waals surface area contributed by atoms with Gasteiger partial charge in [0, 0.05) is 34.0 Å². The van der Waals surface area contributed by atoms with Crippen molar-refractivity contribution in [1.82, 2.24) is 15.2 Å².